The molecule has 1 aliphatic rings. The molecule has 2 rings (SSSR count). The summed E-state index contributed by atoms with van der Waals surface area (Å²) in [6, 6.07) is 0. The molecule has 0 unspecified atom stereocenters. The van der Waals surface area contributed by atoms with Crippen LogP contribution >= 0.6 is 11.3 Å². The third-order valence-electron chi connectivity index (χ3n) is 2.73. The van der Waals surface area contributed by atoms with Gasteiger partial charge in [-0.2, -0.15) is 0 Å². The van der Waals surface area contributed by atoms with Gasteiger partial charge in [0.05, 0.1) is 5.54 Å². The molecular weight excluding hydrogens is 194 g/mol. The topological polar surface area (TPSA) is 28.2 Å². The van der Waals surface area contributed by atoms with Crippen molar-refractivity contribution in [2.24, 2.45) is 0 Å². The molecule has 1 fully saturated rings. The molecule has 1 saturated carbocycles. The van der Waals surface area contributed by atoms with Crippen molar-refractivity contribution in [3.63, 3.8) is 0 Å². The molecule has 1 N–H and O–H groups in total. The van der Waals surface area contributed by atoms with E-state index in [0.29, 0.717) is 5.54 Å². The first-order valence-electron chi connectivity index (χ1n) is 5.03. The fourth-order valence-corrected chi connectivity index (χ4v) is 2.69. The van der Waals surface area contributed by atoms with Gasteiger partial charge in [0.2, 0.25) is 0 Å². The minimum absolute atomic E-state index is 0.293. The highest BCUT2D eigenvalue weighted by Crippen LogP contribution is 2.36. The zero-order valence-corrected chi connectivity index (χ0v) is 9.60. The zero-order valence-electron chi connectivity index (χ0n) is 8.79. The van der Waals surface area contributed by atoms with Crippen molar-refractivity contribution < 1.29 is 0 Å². The van der Waals surface area contributed by atoms with Gasteiger partial charge < -0.3 is 10.2 Å². The van der Waals surface area contributed by atoms with E-state index in [-0.39, 0.29) is 0 Å². The van der Waals surface area contributed by atoms with Crippen LogP contribution in [0.1, 0.15) is 19.3 Å². The largest absolute Gasteiger partial charge is 0.355 e. The van der Waals surface area contributed by atoms with Gasteiger partial charge in [-0.25, -0.2) is 4.98 Å². The zero-order chi connectivity index (χ0) is 10.0. The summed E-state index contributed by atoms with van der Waals surface area (Å²) in [6.45, 7) is 1.10. The molecule has 0 amide bonds. The lowest BCUT2D eigenvalue weighted by Gasteiger charge is -2.44. The van der Waals surface area contributed by atoms with E-state index in [4.69, 9.17) is 0 Å². The summed E-state index contributed by atoms with van der Waals surface area (Å²) in [5.74, 6) is 0. The molecule has 0 saturated heterocycles. The molecule has 0 spiro atoms. The van der Waals surface area contributed by atoms with Crippen LogP contribution in [-0.2, 0) is 0 Å². The minimum Gasteiger partial charge on any atom is -0.355 e. The smallest absolute Gasteiger partial charge is 0.183 e. The first-order chi connectivity index (χ1) is 6.70. The maximum Gasteiger partial charge on any atom is 0.183 e. The fraction of sp³-hybridized carbons (Fsp3) is 0.700. The fourth-order valence-electron chi connectivity index (χ4n) is 2.04. The predicted molar refractivity (Wildman–Crippen MR) is 60.9 cm³/mol. The van der Waals surface area contributed by atoms with Gasteiger partial charge in [0.1, 0.15) is 0 Å². The monoisotopic (exact) mass is 211 g/mol. The van der Waals surface area contributed by atoms with Crippen molar-refractivity contribution in [3.8, 4) is 0 Å². The summed E-state index contributed by atoms with van der Waals surface area (Å²) in [5.41, 5.74) is 0.293. The summed E-state index contributed by atoms with van der Waals surface area (Å²) < 4.78 is 0. The van der Waals surface area contributed by atoms with Gasteiger partial charge in [-0.1, -0.05) is 0 Å². The highest BCUT2D eigenvalue weighted by atomic mass is 32.1. The Morgan fingerprint density at radius 1 is 1.57 bits per heavy atom. The number of nitrogens with one attached hydrogen (secondary N) is 1. The Hall–Kier alpha value is -0.610. The summed E-state index contributed by atoms with van der Waals surface area (Å²) in [6.07, 6.45) is 5.73. The molecule has 0 radical (unpaired) electrons. The number of thiazole rings is 1. The van der Waals surface area contributed by atoms with Gasteiger partial charge in [-0.15, -0.1) is 11.3 Å². The highest BCUT2D eigenvalue weighted by Gasteiger charge is 2.37. The molecule has 4 heteroatoms. The van der Waals surface area contributed by atoms with E-state index >= 15 is 0 Å². The van der Waals surface area contributed by atoms with Crippen LogP contribution in [0.3, 0.4) is 0 Å². The summed E-state index contributed by atoms with van der Waals surface area (Å²) in [7, 11) is 4.26. The van der Waals surface area contributed by atoms with Gasteiger partial charge >= 0.3 is 0 Å². The Morgan fingerprint density at radius 2 is 2.36 bits per heavy atom. The summed E-state index contributed by atoms with van der Waals surface area (Å²) in [5, 5.41) is 6.65. The molecule has 0 atom stereocenters. The summed E-state index contributed by atoms with van der Waals surface area (Å²) >= 11 is 1.69. The Labute approximate surface area is 89.1 Å². The molecule has 0 bridgehead atoms. The maximum absolute atomic E-state index is 4.28. The lowest BCUT2D eigenvalue weighted by atomic mass is 9.76. The van der Waals surface area contributed by atoms with Gasteiger partial charge in [0.15, 0.2) is 5.13 Å². The standard InChI is InChI=1S/C10H17N3S/c1-13(2)8-10(4-3-5-10)12-9-11-6-7-14-9/h6-7H,3-5,8H2,1-2H3,(H,11,12). The number of aromatic nitrogens is 1. The number of likely N-dealkylation sites (N-methyl/N-ethyl adjacent to an activating group) is 1. The van der Waals surface area contributed by atoms with Crippen LogP contribution in [-0.4, -0.2) is 36.1 Å². The van der Waals surface area contributed by atoms with Crippen molar-refractivity contribution in [1.82, 2.24) is 9.88 Å². The van der Waals surface area contributed by atoms with Gasteiger partial charge in [-0.3, -0.25) is 0 Å². The molecule has 14 heavy (non-hydrogen) atoms. The van der Waals surface area contributed by atoms with Crippen molar-refractivity contribution in [2.75, 3.05) is 26.0 Å². The lowest BCUT2D eigenvalue weighted by Crippen LogP contribution is -2.52. The molecule has 1 heterocycles. The number of rotatable bonds is 4. The predicted octanol–water partition coefficient (Wildman–Crippen LogP) is 2.04. The average molecular weight is 211 g/mol. The van der Waals surface area contributed by atoms with Crippen molar-refractivity contribution in [3.05, 3.63) is 11.6 Å². The second kappa shape index (κ2) is 3.87. The van der Waals surface area contributed by atoms with E-state index in [0.717, 1.165) is 11.7 Å². The van der Waals surface area contributed by atoms with Gasteiger partial charge in [0.25, 0.3) is 0 Å². The van der Waals surface area contributed by atoms with E-state index in [2.05, 4.69) is 29.3 Å². The van der Waals surface area contributed by atoms with Crippen LogP contribution in [0.5, 0.6) is 0 Å². The third kappa shape index (κ3) is 2.07. The van der Waals surface area contributed by atoms with Gasteiger partial charge in [-0.05, 0) is 33.4 Å². The van der Waals surface area contributed by atoms with Crippen LogP contribution in [0, 0.1) is 0 Å². The SMILES string of the molecule is CN(C)CC1(Nc2nccs2)CCC1. The molecule has 78 valence electrons. The second-order valence-corrected chi connectivity index (χ2v) is 5.23. The van der Waals surface area contributed by atoms with E-state index in [1.54, 1.807) is 11.3 Å². The number of hydrogen-bond acceptors (Lipinski definition) is 4. The van der Waals surface area contributed by atoms with E-state index < -0.39 is 0 Å². The first kappa shape index (κ1) is 9.93. The third-order valence-corrected chi connectivity index (χ3v) is 3.42. The Kier molecular flexibility index (Phi) is 2.74. The molecule has 1 aromatic rings. The van der Waals surface area contributed by atoms with Crippen LogP contribution in [0.25, 0.3) is 0 Å². The lowest BCUT2D eigenvalue weighted by molar-refractivity contribution is 0.205. The van der Waals surface area contributed by atoms with Gasteiger partial charge in [0, 0.05) is 18.1 Å². The molecule has 1 aliphatic carbocycles. The van der Waals surface area contributed by atoms with E-state index in [1.165, 1.54) is 19.3 Å². The number of anilines is 1. The first-order valence-corrected chi connectivity index (χ1v) is 5.91. The Bertz CT molecular complexity index is 278. The van der Waals surface area contributed by atoms with Crippen LogP contribution in [0.15, 0.2) is 11.6 Å². The minimum atomic E-state index is 0.293. The molecule has 0 aromatic carbocycles. The van der Waals surface area contributed by atoms with Crippen molar-refractivity contribution in [1.29, 1.82) is 0 Å². The van der Waals surface area contributed by atoms with E-state index in [9.17, 15) is 0 Å². The number of hydrogen-bond donors (Lipinski definition) is 1. The quantitative estimate of drug-likeness (QED) is 0.826. The second-order valence-electron chi connectivity index (χ2n) is 4.33. The Balaban J connectivity index is 1.99. The van der Waals surface area contributed by atoms with Crippen molar-refractivity contribution >= 4 is 16.5 Å². The maximum atomic E-state index is 4.28. The Morgan fingerprint density at radius 3 is 2.79 bits per heavy atom. The van der Waals surface area contributed by atoms with Crippen molar-refractivity contribution in [2.45, 2.75) is 24.8 Å². The molecule has 3 nitrogen and oxygen atoms in total. The molecule has 1 aromatic heterocycles. The summed E-state index contributed by atoms with van der Waals surface area (Å²) in [4.78, 5) is 6.53. The average Bonchev–Trinajstić information content (AvgIpc) is 2.51. The van der Waals surface area contributed by atoms with Crippen LogP contribution in [0.2, 0.25) is 0 Å². The normalized spacial score (nSPS) is 19.4. The van der Waals surface area contributed by atoms with Crippen LogP contribution in [0.4, 0.5) is 5.13 Å². The number of nitrogens with zero attached hydrogens (tertiary/aromatic N) is 2. The molecular formula is C10H17N3S. The highest BCUT2D eigenvalue weighted by molar-refractivity contribution is 7.13. The van der Waals surface area contributed by atoms with E-state index in [1.807, 2.05) is 11.6 Å². The molecule has 0 aliphatic heterocycles. The van der Waals surface area contributed by atoms with Crippen LogP contribution < -0.4 is 5.32 Å².